The number of amides is 1. The molecule has 3 fully saturated rings. The van der Waals surface area contributed by atoms with Crippen LogP contribution in [0.4, 0.5) is 0 Å². The lowest BCUT2D eigenvalue weighted by atomic mass is 9.77. The Morgan fingerprint density at radius 3 is 2.22 bits per heavy atom. The number of benzene rings is 1. The predicted molar refractivity (Wildman–Crippen MR) is 241 cm³/mol. The van der Waals surface area contributed by atoms with Crippen molar-refractivity contribution in [2.75, 3.05) is 40.8 Å². The summed E-state index contributed by atoms with van der Waals surface area (Å²) in [5.74, 6) is -3.09. The molecule has 0 bridgehead atoms. The first-order chi connectivity index (χ1) is 29.9. The second-order valence-corrected chi connectivity index (χ2v) is 20.1. The van der Waals surface area contributed by atoms with Crippen molar-refractivity contribution in [3.8, 4) is 0 Å². The minimum atomic E-state index is -1.94. The number of cyclic esters (lactones) is 1. The number of rotatable bonds is 13. The van der Waals surface area contributed by atoms with E-state index >= 15 is 0 Å². The summed E-state index contributed by atoms with van der Waals surface area (Å²) in [4.78, 5) is 31.6. The van der Waals surface area contributed by atoms with E-state index in [9.17, 15) is 35.1 Å². The lowest BCUT2D eigenvalue weighted by molar-refractivity contribution is -0.318. The minimum absolute atomic E-state index is 0.0999. The van der Waals surface area contributed by atoms with Crippen molar-refractivity contribution < 1.29 is 63.5 Å². The molecule has 0 aliphatic carbocycles. The van der Waals surface area contributed by atoms with Crippen LogP contribution >= 0.6 is 0 Å². The molecule has 0 radical (unpaired) electrons. The Bertz CT molecular complexity index is 1600. The molecule has 16 heteroatoms. The van der Waals surface area contributed by atoms with Crippen LogP contribution in [0.3, 0.4) is 0 Å². The van der Waals surface area contributed by atoms with Gasteiger partial charge in [-0.3, -0.25) is 14.5 Å². The van der Waals surface area contributed by atoms with E-state index in [0.29, 0.717) is 25.9 Å². The van der Waals surface area contributed by atoms with Gasteiger partial charge in [0, 0.05) is 57.6 Å². The largest absolute Gasteiger partial charge is 0.459 e. The molecular weight excluding hydrogens is 827 g/mol. The molecule has 18 atom stereocenters. The smallest absolute Gasteiger partial charge is 0.311 e. The Kier molecular flexibility index (Phi) is 19.6. The molecular formula is C48H83N3O13. The van der Waals surface area contributed by atoms with Crippen molar-refractivity contribution in [1.29, 1.82) is 0 Å². The number of hydrogen-bond donors (Lipinski definition) is 6. The number of aliphatic hydroxyl groups is 5. The van der Waals surface area contributed by atoms with E-state index in [0.717, 1.165) is 5.56 Å². The zero-order valence-corrected chi connectivity index (χ0v) is 40.8. The highest BCUT2D eigenvalue weighted by atomic mass is 16.7. The van der Waals surface area contributed by atoms with Crippen molar-refractivity contribution >= 4 is 11.9 Å². The van der Waals surface area contributed by atoms with E-state index in [-0.39, 0.29) is 56.2 Å². The normalized spacial score (nSPS) is 42.4. The molecule has 16 nitrogen and oxygen atoms in total. The van der Waals surface area contributed by atoms with Crippen molar-refractivity contribution in [3.63, 3.8) is 0 Å². The van der Waals surface area contributed by atoms with Gasteiger partial charge in [-0.25, -0.2) is 0 Å². The van der Waals surface area contributed by atoms with Gasteiger partial charge < -0.3 is 64.2 Å². The molecule has 1 aromatic rings. The van der Waals surface area contributed by atoms with E-state index in [2.05, 4.69) is 5.32 Å². The highest BCUT2D eigenvalue weighted by molar-refractivity contribution is 5.76. The summed E-state index contributed by atoms with van der Waals surface area (Å²) in [6.45, 7) is 18.4. The molecule has 0 saturated carbocycles. The van der Waals surface area contributed by atoms with Crippen molar-refractivity contribution in [1.82, 2.24) is 15.1 Å². The van der Waals surface area contributed by atoms with E-state index in [4.69, 9.17) is 28.4 Å². The predicted octanol–water partition coefficient (Wildman–Crippen LogP) is 3.02. The molecule has 3 heterocycles. The van der Waals surface area contributed by atoms with Crippen LogP contribution in [0.1, 0.15) is 107 Å². The number of likely N-dealkylation sites (N-methyl/N-ethyl adjacent to an activating group) is 1. The average molecular weight is 910 g/mol. The summed E-state index contributed by atoms with van der Waals surface area (Å²) in [5, 5.41) is 62.7. The molecule has 4 rings (SSSR count). The summed E-state index contributed by atoms with van der Waals surface area (Å²) < 4.78 is 38.0. The number of esters is 1. The highest BCUT2D eigenvalue weighted by Crippen LogP contribution is 2.40. The van der Waals surface area contributed by atoms with E-state index < -0.39 is 96.0 Å². The van der Waals surface area contributed by atoms with E-state index in [1.165, 1.54) is 14.0 Å². The second-order valence-electron chi connectivity index (χ2n) is 20.1. The number of carbonyl (C=O) groups is 2. The number of carbonyl (C=O) groups excluding carboxylic acids is 2. The SMILES string of the molecule is CC[C@H]1OC(=O)[C@H](C)[C@@H](O[C@H]2C[C@@](C)(OC)[C@@H](O)[C@H](C)O2)[C@H](C)[C@@H](O[C@@H]2O[C@H](C)C[C@H](N(C)C)[C@H]2O)[C@](C)(O)C[C@@H](C)CN(CCC(=O)NCCc2ccccc2)[C@H](C)[C@@H](O)[C@]1(C)O. The van der Waals surface area contributed by atoms with Gasteiger partial charge in [0.2, 0.25) is 5.91 Å². The van der Waals surface area contributed by atoms with Gasteiger partial charge in [-0.05, 0) is 99.7 Å². The van der Waals surface area contributed by atoms with E-state index in [1.807, 2.05) is 68.1 Å². The molecule has 3 aliphatic heterocycles. The number of hydrogen-bond acceptors (Lipinski definition) is 15. The molecule has 0 unspecified atom stereocenters. The monoisotopic (exact) mass is 910 g/mol. The topological polar surface area (TPSA) is 209 Å². The molecule has 3 saturated heterocycles. The van der Waals surface area contributed by atoms with Gasteiger partial charge in [0.1, 0.15) is 30.0 Å². The fourth-order valence-electron chi connectivity index (χ4n) is 10.2. The summed E-state index contributed by atoms with van der Waals surface area (Å²) in [6, 6.07) is 8.81. The number of nitrogens with one attached hydrogen (secondary N) is 1. The molecule has 0 aromatic heterocycles. The first-order valence-corrected chi connectivity index (χ1v) is 23.4. The van der Waals surface area contributed by atoms with Gasteiger partial charge in [-0.1, -0.05) is 51.1 Å². The van der Waals surface area contributed by atoms with Crippen LogP contribution in [-0.4, -0.2) is 178 Å². The first-order valence-electron chi connectivity index (χ1n) is 23.4. The highest BCUT2D eigenvalue weighted by Gasteiger charge is 2.53. The maximum Gasteiger partial charge on any atom is 0.311 e. The van der Waals surface area contributed by atoms with Gasteiger partial charge >= 0.3 is 5.97 Å². The van der Waals surface area contributed by atoms with Crippen LogP contribution in [0.5, 0.6) is 0 Å². The van der Waals surface area contributed by atoms with Crippen LogP contribution in [0.25, 0.3) is 0 Å². The summed E-state index contributed by atoms with van der Waals surface area (Å²) in [7, 11) is 5.25. The fourth-order valence-corrected chi connectivity index (χ4v) is 10.2. The Balaban J connectivity index is 1.76. The van der Waals surface area contributed by atoms with E-state index in [1.54, 1.807) is 48.5 Å². The van der Waals surface area contributed by atoms with Gasteiger partial charge in [0.25, 0.3) is 0 Å². The van der Waals surface area contributed by atoms with Crippen LogP contribution in [0, 0.1) is 17.8 Å². The quantitative estimate of drug-likeness (QED) is 0.157. The molecule has 368 valence electrons. The van der Waals surface area contributed by atoms with Crippen molar-refractivity contribution in [2.24, 2.45) is 17.8 Å². The third-order valence-electron chi connectivity index (χ3n) is 14.2. The first kappa shape index (κ1) is 54.3. The van der Waals surface area contributed by atoms with Gasteiger partial charge in [-0.15, -0.1) is 0 Å². The lowest BCUT2D eigenvalue weighted by Crippen LogP contribution is -2.60. The van der Waals surface area contributed by atoms with Gasteiger partial charge in [0.05, 0.1) is 41.5 Å². The van der Waals surface area contributed by atoms with Crippen LogP contribution in [0.15, 0.2) is 30.3 Å². The zero-order valence-electron chi connectivity index (χ0n) is 40.8. The summed E-state index contributed by atoms with van der Waals surface area (Å²) in [5.41, 5.74) is -3.56. The number of ether oxygens (including phenoxy) is 6. The second kappa shape index (κ2) is 23.1. The Morgan fingerprint density at radius 1 is 0.953 bits per heavy atom. The minimum Gasteiger partial charge on any atom is -0.459 e. The van der Waals surface area contributed by atoms with Crippen molar-refractivity contribution in [3.05, 3.63) is 35.9 Å². The average Bonchev–Trinajstić information content (AvgIpc) is 3.23. The number of aliphatic hydroxyl groups excluding tert-OH is 3. The molecule has 6 N–H and O–H groups in total. The van der Waals surface area contributed by atoms with Crippen LogP contribution < -0.4 is 5.32 Å². The Hall–Kier alpha value is -2.32. The lowest BCUT2D eigenvalue weighted by Gasteiger charge is -2.48. The number of nitrogens with zero attached hydrogens (tertiary/aromatic N) is 2. The Morgan fingerprint density at radius 2 is 1.61 bits per heavy atom. The zero-order chi connectivity index (χ0) is 47.9. The third kappa shape index (κ3) is 13.4. The molecule has 1 aromatic carbocycles. The van der Waals surface area contributed by atoms with Crippen molar-refractivity contribution in [2.45, 2.75) is 198 Å². The number of methoxy groups -OCH3 is 1. The molecule has 3 aliphatic rings. The maximum absolute atomic E-state index is 14.5. The van der Waals surface area contributed by atoms with Gasteiger partial charge in [-0.2, -0.15) is 0 Å². The standard InChI is InChI=1S/C48H83N3O13/c1-14-36-48(10,58)41(54)32(6)51(23-21-37(52)49-22-20-34-18-16-15-17-19-34)27-28(2)25-46(8,57)43(64-45-39(53)35(50(11)12)24-29(3)60-45)30(4)40(31(5)44(56)62-36)63-38-26-47(9,59-13)42(55)33(7)61-38/h15-19,28-33,35-36,38-43,45,53-55,57-58H,14,20-27H2,1-13H3,(H,49,52)/t28-,29-,30+,31-,32-,33+,35+,36-,38+,39-,40+,41-,42+,43-,45+,46-,47-,48-/m1/s1. The molecule has 1 amide bonds. The summed E-state index contributed by atoms with van der Waals surface area (Å²) >= 11 is 0. The van der Waals surface area contributed by atoms with Gasteiger partial charge in [0.15, 0.2) is 12.6 Å². The summed E-state index contributed by atoms with van der Waals surface area (Å²) in [6.07, 6.45) is -8.33. The molecule has 64 heavy (non-hydrogen) atoms. The van der Waals surface area contributed by atoms with Crippen LogP contribution in [-0.2, 0) is 44.4 Å². The van der Waals surface area contributed by atoms with Crippen LogP contribution in [0.2, 0.25) is 0 Å². The maximum atomic E-state index is 14.5. The molecule has 0 spiro atoms. The Labute approximate surface area is 382 Å². The third-order valence-corrected chi connectivity index (χ3v) is 14.2. The fraction of sp³-hybridized carbons (Fsp3) is 0.833.